The Morgan fingerprint density at radius 2 is 1.89 bits per heavy atom. The summed E-state index contributed by atoms with van der Waals surface area (Å²) in [5.41, 5.74) is 2.76. The number of H-pyrrole nitrogens is 1. The van der Waals surface area contributed by atoms with Crippen LogP contribution in [0.1, 0.15) is 0 Å². The number of aromatic nitrogens is 2. The van der Waals surface area contributed by atoms with E-state index < -0.39 is 0 Å². The Kier molecular flexibility index (Phi) is 3.18. The molecule has 0 fully saturated rings. The minimum atomic E-state index is 0.687. The van der Waals surface area contributed by atoms with Crippen LogP contribution in [0.15, 0.2) is 45.3 Å². The van der Waals surface area contributed by atoms with Crippen molar-refractivity contribution >= 4 is 54.5 Å². The number of imidazole rings is 1. The number of nitrogens with zero attached hydrogens (tertiary/aromatic N) is 1. The molecule has 1 N–H and O–H groups in total. The van der Waals surface area contributed by atoms with E-state index in [4.69, 9.17) is 11.6 Å². The van der Waals surface area contributed by atoms with Gasteiger partial charge < -0.3 is 4.98 Å². The summed E-state index contributed by atoms with van der Waals surface area (Å²) in [6.07, 6.45) is 0. The molecule has 0 unspecified atom stereocenters. The Labute approximate surface area is 126 Å². The highest BCUT2D eigenvalue weighted by Crippen LogP contribution is 2.31. The first kappa shape index (κ1) is 12.2. The highest BCUT2D eigenvalue weighted by atomic mass is 79.9. The molecule has 0 spiro atoms. The number of benzene rings is 2. The van der Waals surface area contributed by atoms with E-state index in [-0.39, 0.29) is 0 Å². The summed E-state index contributed by atoms with van der Waals surface area (Å²) in [5.74, 6) is 0.773. The van der Waals surface area contributed by atoms with E-state index in [1.807, 2.05) is 36.4 Å². The van der Waals surface area contributed by atoms with E-state index in [1.54, 1.807) is 0 Å². The summed E-state index contributed by atoms with van der Waals surface area (Å²) < 4.78 is 1.94. The van der Waals surface area contributed by atoms with Gasteiger partial charge in [0.05, 0.1) is 10.5 Å². The van der Waals surface area contributed by atoms with Gasteiger partial charge in [-0.05, 0) is 40.2 Å². The van der Waals surface area contributed by atoms with Crippen molar-refractivity contribution in [1.82, 2.24) is 9.97 Å². The van der Waals surface area contributed by atoms with Crippen molar-refractivity contribution in [3.05, 3.63) is 50.4 Å². The topological polar surface area (TPSA) is 28.7 Å². The maximum Gasteiger partial charge on any atom is 0.140 e. The molecule has 3 rings (SSSR count). The summed E-state index contributed by atoms with van der Waals surface area (Å²) in [4.78, 5) is 7.86. The molecule has 0 saturated heterocycles. The summed E-state index contributed by atoms with van der Waals surface area (Å²) >= 11 is 13.1. The zero-order chi connectivity index (χ0) is 12.7. The quantitative estimate of drug-likeness (QED) is 0.595. The molecule has 1 heterocycles. The van der Waals surface area contributed by atoms with E-state index in [1.165, 1.54) is 0 Å². The van der Waals surface area contributed by atoms with Crippen LogP contribution in [-0.2, 0) is 0 Å². The normalized spacial score (nSPS) is 11.1. The van der Waals surface area contributed by atoms with Gasteiger partial charge >= 0.3 is 0 Å². The van der Waals surface area contributed by atoms with Crippen LogP contribution in [-0.4, -0.2) is 9.97 Å². The summed E-state index contributed by atoms with van der Waals surface area (Å²) in [6.45, 7) is 0. The van der Waals surface area contributed by atoms with Gasteiger partial charge in [-0.3, -0.25) is 0 Å². The van der Waals surface area contributed by atoms with E-state index in [0.717, 1.165) is 31.4 Å². The van der Waals surface area contributed by atoms with E-state index in [9.17, 15) is 0 Å². The average Bonchev–Trinajstić information content (AvgIpc) is 2.73. The van der Waals surface area contributed by atoms with Gasteiger partial charge in [0.15, 0.2) is 0 Å². The standard InChI is InChI=1S/C13H7Br2ClN2/c14-7-5-9(15)12-11(6-7)17-13(18-12)8-3-1-2-4-10(8)16/h1-6H,(H,17,18). The first-order valence-electron chi connectivity index (χ1n) is 5.25. The Morgan fingerprint density at radius 1 is 1.11 bits per heavy atom. The van der Waals surface area contributed by atoms with Crippen LogP contribution in [0.2, 0.25) is 5.02 Å². The van der Waals surface area contributed by atoms with Gasteiger partial charge in [-0.15, -0.1) is 0 Å². The third kappa shape index (κ3) is 2.09. The fraction of sp³-hybridized carbons (Fsp3) is 0. The highest BCUT2D eigenvalue weighted by Gasteiger charge is 2.10. The molecule has 2 aromatic carbocycles. The van der Waals surface area contributed by atoms with Crippen LogP contribution in [0.5, 0.6) is 0 Å². The van der Waals surface area contributed by atoms with Gasteiger partial charge in [0.2, 0.25) is 0 Å². The molecule has 0 saturated carbocycles. The lowest BCUT2D eigenvalue weighted by Crippen LogP contribution is -1.80. The maximum absolute atomic E-state index is 6.18. The number of halogens is 3. The lowest BCUT2D eigenvalue weighted by atomic mass is 10.2. The fourth-order valence-electron chi connectivity index (χ4n) is 1.82. The molecule has 0 aliphatic rings. The van der Waals surface area contributed by atoms with Gasteiger partial charge in [0.25, 0.3) is 0 Å². The predicted molar refractivity (Wildman–Crippen MR) is 81.9 cm³/mol. The second-order valence-corrected chi connectivity index (χ2v) is 6.03. The molecule has 3 aromatic rings. The Hall–Kier alpha value is -0.840. The van der Waals surface area contributed by atoms with Gasteiger partial charge in [0.1, 0.15) is 11.3 Å². The van der Waals surface area contributed by atoms with Gasteiger partial charge in [-0.2, -0.15) is 0 Å². The monoisotopic (exact) mass is 384 g/mol. The van der Waals surface area contributed by atoms with Crippen molar-refractivity contribution in [3.63, 3.8) is 0 Å². The van der Waals surface area contributed by atoms with Gasteiger partial charge in [-0.1, -0.05) is 39.7 Å². The van der Waals surface area contributed by atoms with E-state index in [2.05, 4.69) is 41.8 Å². The van der Waals surface area contributed by atoms with Crippen molar-refractivity contribution in [2.45, 2.75) is 0 Å². The van der Waals surface area contributed by atoms with E-state index in [0.29, 0.717) is 5.02 Å². The van der Waals surface area contributed by atoms with Crippen LogP contribution in [0, 0.1) is 0 Å². The van der Waals surface area contributed by atoms with Crippen molar-refractivity contribution in [1.29, 1.82) is 0 Å². The Morgan fingerprint density at radius 3 is 2.67 bits per heavy atom. The molecular weight excluding hydrogens is 379 g/mol. The average molecular weight is 386 g/mol. The molecule has 0 aliphatic carbocycles. The van der Waals surface area contributed by atoms with Crippen LogP contribution >= 0.6 is 43.5 Å². The molecular formula is C13H7Br2ClN2. The fourth-order valence-corrected chi connectivity index (χ4v) is 3.36. The zero-order valence-electron chi connectivity index (χ0n) is 9.05. The molecule has 0 amide bonds. The third-order valence-corrected chi connectivity index (χ3v) is 4.03. The largest absolute Gasteiger partial charge is 0.338 e. The molecule has 90 valence electrons. The molecule has 0 aliphatic heterocycles. The SMILES string of the molecule is Clc1ccccc1-c1nc2c(Br)cc(Br)cc2[nH]1. The first-order valence-corrected chi connectivity index (χ1v) is 7.21. The highest BCUT2D eigenvalue weighted by molar-refractivity contribution is 9.11. The van der Waals surface area contributed by atoms with Crippen molar-refractivity contribution < 1.29 is 0 Å². The van der Waals surface area contributed by atoms with Crippen LogP contribution < -0.4 is 0 Å². The van der Waals surface area contributed by atoms with Crippen LogP contribution in [0.25, 0.3) is 22.4 Å². The van der Waals surface area contributed by atoms with Gasteiger partial charge in [0, 0.05) is 14.5 Å². The number of hydrogen-bond donors (Lipinski definition) is 1. The van der Waals surface area contributed by atoms with Crippen molar-refractivity contribution in [2.75, 3.05) is 0 Å². The molecule has 5 heteroatoms. The lowest BCUT2D eigenvalue weighted by molar-refractivity contribution is 1.33. The minimum Gasteiger partial charge on any atom is -0.338 e. The first-order chi connectivity index (χ1) is 8.65. The van der Waals surface area contributed by atoms with E-state index >= 15 is 0 Å². The molecule has 18 heavy (non-hydrogen) atoms. The summed E-state index contributed by atoms with van der Waals surface area (Å²) in [7, 11) is 0. The predicted octanol–water partition coefficient (Wildman–Crippen LogP) is 5.41. The molecule has 0 radical (unpaired) electrons. The van der Waals surface area contributed by atoms with Crippen molar-refractivity contribution in [2.24, 2.45) is 0 Å². The second-order valence-electron chi connectivity index (χ2n) is 3.85. The van der Waals surface area contributed by atoms with Crippen LogP contribution in [0.4, 0.5) is 0 Å². The summed E-state index contributed by atoms with van der Waals surface area (Å²) in [5, 5.41) is 0.687. The van der Waals surface area contributed by atoms with Crippen LogP contribution in [0.3, 0.4) is 0 Å². The molecule has 0 bridgehead atoms. The number of nitrogens with one attached hydrogen (secondary N) is 1. The minimum absolute atomic E-state index is 0.687. The smallest absolute Gasteiger partial charge is 0.140 e. The molecule has 1 aromatic heterocycles. The number of fused-ring (bicyclic) bond motifs is 1. The second kappa shape index (κ2) is 4.68. The molecule has 0 atom stereocenters. The number of rotatable bonds is 1. The van der Waals surface area contributed by atoms with Crippen molar-refractivity contribution in [3.8, 4) is 11.4 Å². The summed E-state index contributed by atoms with van der Waals surface area (Å²) in [6, 6.07) is 11.6. The molecule has 2 nitrogen and oxygen atoms in total. The Bertz CT molecular complexity index is 737. The number of hydrogen-bond acceptors (Lipinski definition) is 1. The lowest BCUT2D eigenvalue weighted by Gasteiger charge is -1.98. The zero-order valence-corrected chi connectivity index (χ0v) is 13.0. The Balaban J connectivity index is 2.26. The third-order valence-electron chi connectivity index (χ3n) is 2.63. The number of aromatic amines is 1. The maximum atomic E-state index is 6.18. The van der Waals surface area contributed by atoms with Gasteiger partial charge in [-0.25, -0.2) is 4.98 Å².